The summed E-state index contributed by atoms with van der Waals surface area (Å²) in [4.78, 5) is 28.0. The Bertz CT molecular complexity index is 1570. The van der Waals surface area contributed by atoms with Crippen LogP contribution in [0, 0.1) is 10.1 Å². The van der Waals surface area contributed by atoms with Crippen LogP contribution in [0.5, 0.6) is 0 Å². The molecule has 3 aromatic carbocycles. The second-order valence-electron chi connectivity index (χ2n) is 12.9. The Morgan fingerprint density at radius 1 is 1.00 bits per heavy atom. The van der Waals surface area contributed by atoms with Crippen LogP contribution < -0.4 is 0 Å². The normalized spacial score (nSPS) is 15.9. The first kappa shape index (κ1) is 34.8. The molecule has 1 heterocycles. The number of hydrogen-bond donors (Lipinski definition) is 0. The summed E-state index contributed by atoms with van der Waals surface area (Å²) in [7, 11) is -3.58. The van der Waals surface area contributed by atoms with E-state index < -0.39 is 25.6 Å². The number of amides is 1. The molecule has 0 N–H and O–H groups in total. The van der Waals surface area contributed by atoms with E-state index in [0.29, 0.717) is 23.4 Å². The Kier molecular flexibility index (Phi) is 11.4. The second-order valence-corrected chi connectivity index (χ2v) is 15.5. The van der Waals surface area contributed by atoms with E-state index in [0.717, 1.165) is 44.5 Å². The van der Waals surface area contributed by atoms with E-state index in [9.17, 15) is 23.3 Å². The molecule has 0 radical (unpaired) electrons. The average Bonchev–Trinajstić information content (AvgIpc) is 3.06. The molecule has 1 aliphatic rings. The number of nitrogens with zero attached hydrogens (tertiary/aromatic N) is 3. The van der Waals surface area contributed by atoms with Gasteiger partial charge in [-0.1, -0.05) is 61.5 Å². The van der Waals surface area contributed by atoms with Gasteiger partial charge in [-0.05, 0) is 86.9 Å². The smallest absolute Gasteiger partial charge is 0.410 e. The van der Waals surface area contributed by atoms with E-state index in [1.165, 1.54) is 12.1 Å². The largest absolute Gasteiger partial charge is 0.445 e. The molecule has 1 fully saturated rings. The molecule has 0 bridgehead atoms. The summed E-state index contributed by atoms with van der Waals surface area (Å²) in [5.41, 5.74) is 1.39. The highest BCUT2D eigenvalue weighted by atomic mass is 32.2. The lowest BCUT2D eigenvalue weighted by Crippen LogP contribution is -2.48. The molecule has 46 heavy (non-hydrogen) atoms. The van der Waals surface area contributed by atoms with Gasteiger partial charge in [0.1, 0.15) is 6.61 Å². The van der Waals surface area contributed by atoms with E-state index in [4.69, 9.17) is 4.74 Å². The number of sulfone groups is 1. The summed E-state index contributed by atoms with van der Waals surface area (Å²) in [6.45, 7) is 12.4. The molecule has 10 heteroatoms. The minimum atomic E-state index is -3.58. The molecule has 4 rings (SSSR count). The summed E-state index contributed by atoms with van der Waals surface area (Å²) in [6, 6.07) is 24.8. The number of carbonyl (C=O) groups is 1. The lowest BCUT2D eigenvalue weighted by Gasteiger charge is -2.41. The number of non-ortho nitro benzene ring substituents is 1. The maximum absolute atomic E-state index is 13.8. The van der Waals surface area contributed by atoms with Crippen molar-refractivity contribution in [1.82, 2.24) is 9.80 Å². The van der Waals surface area contributed by atoms with Crippen LogP contribution >= 0.6 is 0 Å². The Labute approximate surface area is 272 Å². The monoisotopic (exact) mass is 647 g/mol. The number of piperidine rings is 1. The first-order chi connectivity index (χ1) is 21.9. The van der Waals surface area contributed by atoms with Crippen molar-refractivity contribution < 1.29 is 22.9 Å². The molecule has 0 saturated carbocycles. The molecule has 0 spiro atoms. The van der Waals surface area contributed by atoms with Crippen molar-refractivity contribution >= 4 is 21.6 Å². The minimum Gasteiger partial charge on any atom is -0.445 e. The van der Waals surface area contributed by atoms with E-state index in [1.807, 2.05) is 38.1 Å². The molecule has 0 aromatic heterocycles. The van der Waals surface area contributed by atoms with E-state index >= 15 is 0 Å². The van der Waals surface area contributed by atoms with E-state index in [-0.39, 0.29) is 23.8 Å². The molecule has 1 aliphatic heterocycles. The van der Waals surface area contributed by atoms with E-state index in [1.54, 1.807) is 47.4 Å². The van der Waals surface area contributed by atoms with Gasteiger partial charge in [0.25, 0.3) is 5.69 Å². The number of benzene rings is 3. The topological polar surface area (TPSA) is 110 Å². The van der Waals surface area contributed by atoms with Gasteiger partial charge < -0.3 is 14.5 Å². The molecule has 1 unspecified atom stereocenters. The number of likely N-dealkylation sites (tertiary alicyclic amines) is 1. The van der Waals surface area contributed by atoms with Crippen LogP contribution in [-0.4, -0.2) is 66.2 Å². The second kappa shape index (κ2) is 15.0. The summed E-state index contributed by atoms with van der Waals surface area (Å²) in [5, 5.41) is 10.9. The van der Waals surface area contributed by atoms with Gasteiger partial charge in [0.15, 0.2) is 9.84 Å². The predicted molar refractivity (Wildman–Crippen MR) is 180 cm³/mol. The quantitative estimate of drug-likeness (QED) is 0.104. The van der Waals surface area contributed by atoms with Gasteiger partial charge in [-0.3, -0.25) is 10.1 Å². The van der Waals surface area contributed by atoms with E-state index in [2.05, 4.69) is 30.5 Å². The summed E-state index contributed by atoms with van der Waals surface area (Å²) < 4.78 is 32.1. The minimum absolute atomic E-state index is 0.00549. The number of nitro benzene ring substituents is 1. The van der Waals surface area contributed by atoms with Crippen LogP contribution in [0.3, 0.4) is 0 Å². The van der Waals surface area contributed by atoms with Gasteiger partial charge in [0.05, 0.1) is 14.6 Å². The van der Waals surface area contributed by atoms with Crippen molar-refractivity contribution in [2.75, 3.05) is 26.2 Å². The van der Waals surface area contributed by atoms with Crippen molar-refractivity contribution in [2.24, 2.45) is 0 Å². The lowest BCUT2D eigenvalue weighted by molar-refractivity contribution is -0.384. The first-order valence-corrected chi connectivity index (χ1v) is 17.2. The van der Waals surface area contributed by atoms with Gasteiger partial charge in [-0.15, -0.1) is 6.58 Å². The maximum atomic E-state index is 13.8. The Morgan fingerprint density at radius 3 is 2.15 bits per heavy atom. The van der Waals surface area contributed by atoms with Gasteiger partial charge >= 0.3 is 6.09 Å². The highest BCUT2D eigenvalue weighted by Crippen LogP contribution is 2.41. The highest BCUT2D eigenvalue weighted by molar-refractivity contribution is 7.92. The molecular formula is C36H45N3O6S. The molecule has 3 aromatic rings. The highest BCUT2D eigenvalue weighted by Gasteiger charge is 2.43. The molecule has 1 saturated heterocycles. The SMILES string of the molecule is C=CCN(C(=O)OCc1ccc([N+](=O)[O-])cc1)C1CCN(CCC(C)(CC(C)(C)S(=O)(=O)c2ccccc2)c2ccccc2)CC1. The maximum Gasteiger partial charge on any atom is 0.410 e. The third kappa shape index (κ3) is 8.41. The standard InChI is InChI=1S/C36H45N3O6S/c1-5-23-38(34(40)45-27-29-16-18-32(19-17-29)39(41)42)31-20-24-37(25-21-31)26-22-36(4,30-12-8-6-9-13-30)28-35(2,3)46(43,44)33-14-10-7-11-15-33/h5-19,31H,1,20-28H2,2-4H3. The summed E-state index contributed by atoms with van der Waals surface area (Å²) in [5.74, 6) is 0. The van der Waals surface area contributed by atoms with Gasteiger partial charge in [0, 0.05) is 37.8 Å². The Balaban J connectivity index is 1.38. The third-order valence-corrected chi connectivity index (χ3v) is 11.6. The first-order valence-electron chi connectivity index (χ1n) is 15.7. The van der Waals surface area contributed by atoms with Crippen molar-refractivity contribution in [1.29, 1.82) is 0 Å². The molecule has 0 aliphatic carbocycles. The fourth-order valence-corrected chi connectivity index (χ4v) is 8.10. The van der Waals surface area contributed by atoms with Crippen LogP contribution in [0.4, 0.5) is 10.5 Å². The number of nitro groups is 1. The van der Waals surface area contributed by atoms with Crippen LogP contribution in [0.25, 0.3) is 0 Å². The van der Waals surface area contributed by atoms with Crippen molar-refractivity contribution in [3.63, 3.8) is 0 Å². The zero-order chi connectivity index (χ0) is 33.4. The Hall–Kier alpha value is -4.02. The predicted octanol–water partition coefficient (Wildman–Crippen LogP) is 7.17. The lowest BCUT2D eigenvalue weighted by atomic mass is 9.73. The number of carbonyl (C=O) groups excluding carboxylic acids is 1. The average molecular weight is 648 g/mol. The number of hydrogen-bond acceptors (Lipinski definition) is 7. The molecule has 9 nitrogen and oxygen atoms in total. The molecule has 1 amide bonds. The van der Waals surface area contributed by atoms with Crippen LogP contribution in [0.1, 0.15) is 57.6 Å². The molecule has 246 valence electrons. The van der Waals surface area contributed by atoms with Crippen molar-refractivity contribution in [3.8, 4) is 0 Å². The Morgan fingerprint density at radius 2 is 1.59 bits per heavy atom. The third-order valence-electron chi connectivity index (χ3n) is 9.12. The van der Waals surface area contributed by atoms with Gasteiger partial charge in [0.2, 0.25) is 0 Å². The van der Waals surface area contributed by atoms with Crippen LogP contribution in [0.15, 0.2) is 102 Å². The molecular weight excluding hydrogens is 602 g/mol. The van der Waals surface area contributed by atoms with Gasteiger partial charge in [-0.2, -0.15) is 0 Å². The number of ether oxygens (including phenoxy) is 1. The zero-order valence-electron chi connectivity index (χ0n) is 27.0. The summed E-state index contributed by atoms with van der Waals surface area (Å²) in [6.07, 6.45) is 4.05. The number of rotatable bonds is 14. The van der Waals surface area contributed by atoms with Crippen molar-refractivity contribution in [3.05, 3.63) is 119 Å². The zero-order valence-corrected chi connectivity index (χ0v) is 27.8. The fourth-order valence-electron chi connectivity index (χ4n) is 6.44. The fraction of sp³-hybridized carbons (Fsp3) is 0.417. The van der Waals surface area contributed by atoms with Crippen LogP contribution in [-0.2, 0) is 26.6 Å². The van der Waals surface area contributed by atoms with Gasteiger partial charge in [-0.25, -0.2) is 13.2 Å². The molecule has 1 atom stereocenters. The van der Waals surface area contributed by atoms with Crippen LogP contribution in [0.2, 0.25) is 0 Å². The van der Waals surface area contributed by atoms with Crippen molar-refractivity contribution in [2.45, 2.75) is 74.2 Å². The summed E-state index contributed by atoms with van der Waals surface area (Å²) >= 11 is 0.